The third kappa shape index (κ3) is 4.39. The van der Waals surface area contributed by atoms with Crippen molar-refractivity contribution in [3.05, 3.63) is 11.3 Å². The molecule has 1 rings (SSSR count). The molecule has 1 amide bonds. The molecule has 0 heterocycles. The van der Waals surface area contributed by atoms with Gasteiger partial charge in [0.05, 0.1) is 0 Å². The van der Waals surface area contributed by atoms with Crippen LogP contribution in [0.15, 0.2) is 11.3 Å². The molecule has 0 bridgehead atoms. The fourth-order valence-corrected chi connectivity index (χ4v) is 1.90. The maximum Gasteiger partial charge on any atom is 0.407 e. The van der Waals surface area contributed by atoms with Crippen LogP contribution in [0.1, 0.15) is 47.0 Å². The van der Waals surface area contributed by atoms with E-state index in [0.29, 0.717) is 18.4 Å². The van der Waals surface area contributed by atoms with Crippen molar-refractivity contribution in [1.29, 1.82) is 0 Å². The van der Waals surface area contributed by atoms with Crippen molar-refractivity contribution in [2.24, 2.45) is 0 Å². The Morgan fingerprint density at radius 1 is 1.39 bits per heavy atom. The fourth-order valence-electron chi connectivity index (χ4n) is 1.90. The van der Waals surface area contributed by atoms with Crippen molar-refractivity contribution in [2.45, 2.75) is 58.6 Å². The maximum atomic E-state index is 11.6. The van der Waals surface area contributed by atoms with E-state index in [0.717, 1.165) is 0 Å². The predicted octanol–water partition coefficient (Wildman–Crippen LogP) is 2.46. The molecule has 5 nitrogen and oxygen atoms in total. The van der Waals surface area contributed by atoms with Gasteiger partial charge in [0.15, 0.2) is 5.78 Å². The smallest absolute Gasteiger partial charge is 0.407 e. The van der Waals surface area contributed by atoms with Crippen LogP contribution in [0.5, 0.6) is 0 Å². The molecular formula is C13H21NO4. The maximum absolute atomic E-state index is 11.6. The molecule has 0 radical (unpaired) electrons. The van der Waals surface area contributed by atoms with Crippen LogP contribution in [0.4, 0.5) is 4.79 Å². The van der Waals surface area contributed by atoms with Gasteiger partial charge >= 0.3 is 6.09 Å². The summed E-state index contributed by atoms with van der Waals surface area (Å²) in [7, 11) is 0. The Bertz CT molecular complexity index is 379. The van der Waals surface area contributed by atoms with Crippen molar-refractivity contribution in [1.82, 2.24) is 5.32 Å². The molecule has 0 aromatic rings. The predicted molar refractivity (Wildman–Crippen MR) is 67.3 cm³/mol. The highest BCUT2D eigenvalue weighted by Crippen LogP contribution is 2.24. The molecule has 0 saturated carbocycles. The number of rotatable bonds is 2. The van der Waals surface area contributed by atoms with Gasteiger partial charge in [0.2, 0.25) is 0 Å². The van der Waals surface area contributed by atoms with Crippen LogP contribution < -0.4 is 5.32 Å². The number of hydrogen-bond acceptors (Lipinski definition) is 4. The number of amides is 1. The summed E-state index contributed by atoms with van der Waals surface area (Å²) in [5.41, 5.74) is -0.0708. The topological polar surface area (TPSA) is 75.6 Å². The largest absolute Gasteiger partial charge is 0.512 e. The van der Waals surface area contributed by atoms with Crippen LogP contribution in [0.25, 0.3) is 0 Å². The molecule has 2 N–H and O–H groups in total. The van der Waals surface area contributed by atoms with E-state index in [4.69, 9.17) is 4.74 Å². The highest BCUT2D eigenvalue weighted by Gasteiger charge is 2.25. The summed E-state index contributed by atoms with van der Waals surface area (Å²) in [6.45, 7) is 6.81. The summed E-state index contributed by atoms with van der Waals surface area (Å²) in [6, 6.07) is -0.178. The molecule has 1 atom stereocenters. The molecule has 0 aliphatic heterocycles. The molecule has 1 aliphatic rings. The zero-order chi connectivity index (χ0) is 13.9. The van der Waals surface area contributed by atoms with E-state index >= 15 is 0 Å². The molecule has 102 valence electrons. The molecule has 0 spiro atoms. The number of aliphatic hydroxyl groups is 1. The van der Waals surface area contributed by atoms with E-state index in [1.165, 1.54) is 6.92 Å². The zero-order valence-electron chi connectivity index (χ0n) is 11.4. The lowest BCUT2D eigenvalue weighted by molar-refractivity contribution is -0.114. The Labute approximate surface area is 107 Å². The minimum Gasteiger partial charge on any atom is -0.512 e. The number of carbonyl (C=O) groups excluding carboxylic acids is 2. The van der Waals surface area contributed by atoms with E-state index in [1.54, 1.807) is 20.8 Å². The Morgan fingerprint density at radius 2 is 2.00 bits per heavy atom. The molecule has 0 aromatic carbocycles. The van der Waals surface area contributed by atoms with Gasteiger partial charge in [0, 0.05) is 18.0 Å². The third-order valence-electron chi connectivity index (χ3n) is 2.68. The second-order valence-electron chi connectivity index (χ2n) is 5.57. The molecule has 1 aliphatic carbocycles. The van der Waals surface area contributed by atoms with Crippen molar-refractivity contribution in [3.63, 3.8) is 0 Å². The first kappa shape index (κ1) is 14.5. The lowest BCUT2D eigenvalue weighted by atomic mass is 9.91. The Hall–Kier alpha value is -1.52. The molecular weight excluding hydrogens is 234 g/mol. The minimum atomic E-state index is -0.540. The summed E-state index contributed by atoms with van der Waals surface area (Å²) < 4.78 is 5.14. The van der Waals surface area contributed by atoms with Gasteiger partial charge in [-0.05, 0) is 40.5 Å². The van der Waals surface area contributed by atoms with E-state index < -0.39 is 11.7 Å². The Balaban J connectivity index is 2.53. The number of allylic oxidation sites excluding steroid dienone is 1. The lowest BCUT2D eigenvalue weighted by Crippen LogP contribution is -2.40. The first-order valence-electron chi connectivity index (χ1n) is 6.10. The van der Waals surface area contributed by atoms with Gasteiger partial charge in [-0.25, -0.2) is 4.79 Å². The van der Waals surface area contributed by atoms with Crippen LogP contribution in [0.2, 0.25) is 0 Å². The van der Waals surface area contributed by atoms with E-state index in [1.807, 2.05) is 0 Å². The highest BCUT2D eigenvalue weighted by molar-refractivity contribution is 5.93. The number of alkyl carbamates (subject to hydrolysis) is 1. The van der Waals surface area contributed by atoms with E-state index in [-0.39, 0.29) is 24.0 Å². The standard InChI is InChI=1S/C13H21NO4/c1-8(15)10-6-5-9(7-11(10)16)14-12(17)18-13(2,3)4/h9,16H,5-7H2,1-4H3,(H,14,17)/t9-/m1/s1. The summed E-state index contributed by atoms with van der Waals surface area (Å²) in [5.74, 6) is -0.0296. The van der Waals surface area contributed by atoms with Crippen LogP contribution >= 0.6 is 0 Å². The summed E-state index contributed by atoms with van der Waals surface area (Å²) >= 11 is 0. The van der Waals surface area contributed by atoms with Gasteiger partial charge < -0.3 is 15.2 Å². The third-order valence-corrected chi connectivity index (χ3v) is 2.68. The lowest BCUT2D eigenvalue weighted by Gasteiger charge is -2.26. The van der Waals surface area contributed by atoms with Crippen molar-refractivity contribution in [2.75, 3.05) is 0 Å². The second kappa shape index (κ2) is 5.42. The summed E-state index contributed by atoms with van der Waals surface area (Å²) in [6.07, 6.45) is 0.917. The van der Waals surface area contributed by atoms with Crippen LogP contribution in [0.3, 0.4) is 0 Å². The van der Waals surface area contributed by atoms with Crippen molar-refractivity contribution < 1.29 is 19.4 Å². The number of hydrogen-bond donors (Lipinski definition) is 2. The van der Waals surface area contributed by atoms with E-state index in [9.17, 15) is 14.7 Å². The monoisotopic (exact) mass is 255 g/mol. The normalized spacial score (nSPS) is 20.6. The number of Topliss-reactive ketones (excluding diaryl/α,β-unsaturated/α-hetero) is 1. The Kier molecular flexibility index (Phi) is 4.38. The molecule has 0 unspecified atom stereocenters. The number of aliphatic hydroxyl groups excluding tert-OH is 1. The number of ether oxygens (including phenoxy) is 1. The first-order chi connectivity index (χ1) is 8.19. The quantitative estimate of drug-likeness (QED) is 0.794. The number of nitrogens with one attached hydrogen (secondary N) is 1. The molecule has 0 aromatic heterocycles. The average Bonchev–Trinajstić information content (AvgIpc) is 2.13. The van der Waals surface area contributed by atoms with Gasteiger partial charge in [0.25, 0.3) is 0 Å². The molecule has 5 heteroatoms. The summed E-state index contributed by atoms with van der Waals surface area (Å²) in [5, 5.41) is 12.4. The van der Waals surface area contributed by atoms with Gasteiger partial charge in [-0.1, -0.05) is 0 Å². The molecule has 18 heavy (non-hydrogen) atoms. The van der Waals surface area contributed by atoms with Crippen molar-refractivity contribution in [3.8, 4) is 0 Å². The van der Waals surface area contributed by atoms with Gasteiger partial charge in [-0.2, -0.15) is 0 Å². The Morgan fingerprint density at radius 3 is 2.44 bits per heavy atom. The van der Waals surface area contributed by atoms with E-state index in [2.05, 4.69) is 5.32 Å². The van der Waals surface area contributed by atoms with Gasteiger partial charge in [-0.3, -0.25) is 4.79 Å². The highest BCUT2D eigenvalue weighted by atomic mass is 16.6. The van der Waals surface area contributed by atoms with Gasteiger partial charge in [0.1, 0.15) is 11.4 Å². The zero-order valence-corrected chi connectivity index (χ0v) is 11.4. The minimum absolute atomic E-state index is 0.0785. The van der Waals surface area contributed by atoms with Crippen LogP contribution in [-0.4, -0.2) is 28.6 Å². The average molecular weight is 255 g/mol. The summed E-state index contributed by atoms with van der Waals surface area (Å²) in [4.78, 5) is 22.7. The van der Waals surface area contributed by atoms with Gasteiger partial charge in [-0.15, -0.1) is 0 Å². The van der Waals surface area contributed by atoms with Crippen LogP contribution in [0, 0.1) is 0 Å². The second-order valence-corrected chi connectivity index (χ2v) is 5.57. The van der Waals surface area contributed by atoms with Crippen LogP contribution in [-0.2, 0) is 9.53 Å². The SMILES string of the molecule is CC(=O)C1=C(O)C[C@H](NC(=O)OC(C)(C)C)CC1. The number of carbonyl (C=O) groups is 2. The fraction of sp³-hybridized carbons (Fsp3) is 0.692. The van der Waals surface area contributed by atoms with Crippen molar-refractivity contribution >= 4 is 11.9 Å². The first-order valence-corrected chi connectivity index (χ1v) is 6.10. The molecule has 0 fully saturated rings. The number of ketones is 1. The molecule has 0 saturated heterocycles.